The maximum Gasteiger partial charge on any atom is 0.297 e. The summed E-state index contributed by atoms with van der Waals surface area (Å²) in [5.74, 6) is 2.26. The number of methoxy groups -OCH3 is 1. The van der Waals surface area contributed by atoms with Crippen molar-refractivity contribution in [2.24, 2.45) is 0 Å². The number of nitrogens with zero attached hydrogens (tertiary/aromatic N) is 2. The van der Waals surface area contributed by atoms with Crippen LogP contribution in [0.3, 0.4) is 0 Å². The Balaban J connectivity index is 1.43. The van der Waals surface area contributed by atoms with Crippen LogP contribution in [0.5, 0.6) is 17.2 Å². The molecule has 0 atom stereocenters. The van der Waals surface area contributed by atoms with E-state index in [0.717, 1.165) is 33.7 Å². The van der Waals surface area contributed by atoms with Crippen molar-refractivity contribution in [3.8, 4) is 17.2 Å². The summed E-state index contributed by atoms with van der Waals surface area (Å²) in [4.78, 5) is 6.91. The molecule has 6 nitrogen and oxygen atoms in total. The van der Waals surface area contributed by atoms with Crippen molar-refractivity contribution in [1.82, 2.24) is 4.98 Å². The fourth-order valence-corrected chi connectivity index (χ4v) is 4.43. The lowest BCUT2D eigenvalue weighted by atomic mass is 10.0. The third-order valence-electron chi connectivity index (χ3n) is 6.57. The molecular weight excluding hydrogens is 488 g/mol. The Bertz CT molecular complexity index is 1500. The average molecular weight is 521 g/mol. The van der Waals surface area contributed by atoms with Crippen molar-refractivity contribution in [3.63, 3.8) is 0 Å². The maximum absolute atomic E-state index is 10.6. The summed E-state index contributed by atoms with van der Waals surface area (Å²) >= 11 is 0. The first-order valence-corrected chi connectivity index (χ1v) is 12.9. The lowest BCUT2D eigenvalue weighted by Crippen LogP contribution is -2.16. The molecular formula is C33H32N2O4. The van der Waals surface area contributed by atoms with Crippen LogP contribution in [0.2, 0.25) is 0 Å². The molecule has 1 N–H and O–H groups in total. The van der Waals surface area contributed by atoms with Gasteiger partial charge in [-0.3, -0.25) is 0 Å². The Morgan fingerprint density at radius 1 is 0.795 bits per heavy atom. The summed E-state index contributed by atoms with van der Waals surface area (Å²) in [7, 11) is 3.54. The van der Waals surface area contributed by atoms with Gasteiger partial charge in [0, 0.05) is 43.6 Å². The number of aromatic hydroxyl groups is 1. The van der Waals surface area contributed by atoms with Crippen molar-refractivity contribution in [2.75, 3.05) is 19.1 Å². The second-order valence-corrected chi connectivity index (χ2v) is 9.44. The van der Waals surface area contributed by atoms with E-state index < -0.39 is 0 Å². The summed E-state index contributed by atoms with van der Waals surface area (Å²) in [5, 5.41) is 10.6. The molecule has 0 radical (unpaired) electrons. The molecule has 6 heteroatoms. The largest absolute Gasteiger partial charge is 0.508 e. The highest BCUT2D eigenvalue weighted by Gasteiger charge is 2.20. The van der Waals surface area contributed by atoms with Gasteiger partial charge in [-0.2, -0.15) is 4.98 Å². The lowest BCUT2D eigenvalue weighted by Gasteiger charge is -2.14. The number of anilines is 1. The predicted octanol–water partition coefficient (Wildman–Crippen LogP) is 6.79. The van der Waals surface area contributed by atoms with Gasteiger partial charge >= 0.3 is 0 Å². The van der Waals surface area contributed by atoms with E-state index in [2.05, 4.69) is 30.3 Å². The first-order chi connectivity index (χ1) is 19.1. The van der Waals surface area contributed by atoms with Gasteiger partial charge in [-0.1, -0.05) is 84.9 Å². The van der Waals surface area contributed by atoms with E-state index in [-0.39, 0.29) is 5.75 Å². The van der Waals surface area contributed by atoms with Gasteiger partial charge in [0.25, 0.3) is 6.01 Å². The third-order valence-corrected chi connectivity index (χ3v) is 6.57. The summed E-state index contributed by atoms with van der Waals surface area (Å²) < 4.78 is 17.8. The van der Waals surface area contributed by atoms with Gasteiger partial charge in [-0.25, -0.2) is 0 Å². The predicted molar refractivity (Wildman–Crippen MR) is 153 cm³/mol. The summed E-state index contributed by atoms with van der Waals surface area (Å²) in [6.07, 6.45) is 0.921. The minimum Gasteiger partial charge on any atom is -0.508 e. The molecule has 198 valence electrons. The Kier molecular flexibility index (Phi) is 8.12. The van der Waals surface area contributed by atoms with Crippen LogP contribution < -0.4 is 14.4 Å². The molecule has 0 aliphatic rings. The van der Waals surface area contributed by atoms with Gasteiger partial charge in [-0.15, -0.1) is 0 Å². The molecule has 0 saturated heterocycles. The smallest absolute Gasteiger partial charge is 0.297 e. The summed E-state index contributed by atoms with van der Waals surface area (Å²) in [6, 6.07) is 34.2. The first kappa shape index (κ1) is 25.9. The number of para-hydroxylation sites is 1. The number of rotatable bonds is 11. The van der Waals surface area contributed by atoms with E-state index in [4.69, 9.17) is 18.9 Å². The standard InChI is InChI=1S/C33H32N2O4/c1-35(22-24-11-5-3-6-12-24)33-34-29(32(39-33)20-26-17-18-28(37-2)21-30(26)36)19-27-15-9-10-16-31(27)38-23-25-13-7-4-8-14-25/h3-18,21,36H,19-20,22-23H2,1-2H3. The number of oxazole rings is 1. The van der Waals surface area contributed by atoms with Crippen molar-refractivity contribution in [1.29, 1.82) is 0 Å². The Morgan fingerprint density at radius 3 is 2.21 bits per heavy atom. The number of hydrogen-bond acceptors (Lipinski definition) is 6. The second-order valence-electron chi connectivity index (χ2n) is 9.44. The molecule has 0 spiro atoms. The molecule has 0 fully saturated rings. The van der Waals surface area contributed by atoms with E-state index in [1.807, 2.05) is 78.7 Å². The molecule has 0 bridgehead atoms. The van der Waals surface area contributed by atoms with Crippen LogP contribution in [0.25, 0.3) is 0 Å². The number of phenolic OH excluding ortho intramolecular Hbond substituents is 1. The molecule has 0 unspecified atom stereocenters. The number of aromatic nitrogens is 1. The number of ether oxygens (including phenoxy) is 2. The van der Waals surface area contributed by atoms with E-state index in [1.54, 1.807) is 13.2 Å². The molecule has 4 aromatic carbocycles. The summed E-state index contributed by atoms with van der Waals surface area (Å²) in [6.45, 7) is 1.14. The van der Waals surface area contributed by atoms with Crippen LogP contribution in [-0.4, -0.2) is 24.2 Å². The molecule has 1 heterocycles. The van der Waals surface area contributed by atoms with Crippen LogP contribution in [0, 0.1) is 0 Å². The van der Waals surface area contributed by atoms with Gasteiger partial charge < -0.3 is 23.9 Å². The van der Waals surface area contributed by atoms with Crippen LogP contribution >= 0.6 is 0 Å². The highest BCUT2D eigenvalue weighted by molar-refractivity contribution is 5.44. The molecule has 1 aromatic heterocycles. The zero-order valence-electron chi connectivity index (χ0n) is 22.2. The monoisotopic (exact) mass is 520 g/mol. The fraction of sp³-hybridized carbons (Fsp3) is 0.182. The topological polar surface area (TPSA) is 68.0 Å². The van der Waals surface area contributed by atoms with Crippen LogP contribution in [-0.2, 0) is 26.0 Å². The SMILES string of the molecule is COc1ccc(Cc2oc(N(C)Cc3ccccc3)nc2Cc2ccccc2OCc2ccccc2)c(O)c1. The van der Waals surface area contributed by atoms with Gasteiger partial charge in [-0.05, 0) is 23.3 Å². The molecule has 0 saturated carbocycles. The number of phenols is 1. The highest BCUT2D eigenvalue weighted by atomic mass is 16.5. The van der Waals surface area contributed by atoms with Crippen LogP contribution in [0.1, 0.15) is 33.7 Å². The fourth-order valence-electron chi connectivity index (χ4n) is 4.43. The third kappa shape index (κ3) is 6.60. The van der Waals surface area contributed by atoms with Crippen LogP contribution in [0.15, 0.2) is 108 Å². The normalized spacial score (nSPS) is 10.8. The minimum atomic E-state index is 0.155. The Labute approximate surface area is 229 Å². The summed E-state index contributed by atoms with van der Waals surface area (Å²) in [5.41, 5.74) is 4.82. The van der Waals surface area contributed by atoms with Gasteiger partial charge in [0.15, 0.2) is 0 Å². The lowest BCUT2D eigenvalue weighted by molar-refractivity contribution is 0.303. The Hall–Kier alpha value is -4.71. The molecule has 5 rings (SSSR count). The zero-order valence-corrected chi connectivity index (χ0v) is 22.2. The average Bonchev–Trinajstić information content (AvgIpc) is 3.37. The van der Waals surface area contributed by atoms with Crippen molar-refractivity contribution in [2.45, 2.75) is 26.0 Å². The Morgan fingerprint density at radius 2 is 1.49 bits per heavy atom. The number of hydrogen-bond donors (Lipinski definition) is 1. The van der Waals surface area contributed by atoms with E-state index in [0.29, 0.717) is 43.5 Å². The number of benzene rings is 4. The molecule has 39 heavy (non-hydrogen) atoms. The first-order valence-electron chi connectivity index (χ1n) is 12.9. The maximum atomic E-state index is 10.6. The zero-order chi connectivity index (χ0) is 27.0. The van der Waals surface area contributed by atoms with E-state index >= 15 is 0 Å². The van der Waals surface area contributed by atoms with Gasteiger partial charge in [0.1, 0.15) is 29.6 Å². The molecule has 0 amide bonds. The van der Waals surface area contributed by atoms with Crippen molar-refractivity contribution in [3.05, 3.63) is 137 Å². The molecule has 5 aromatic rings. The van der Waals surface area contributed by atoms with Gasteiger partial charge in [0.05, 0.1) is 12.8 Å². The molecule has 0 aliphatic carbocycles. The molecule has 0 aliphatic heterocycles. The van der Waals surface area contributed by atoms with Gasteiger partial charge in [0.2, 0.25) is 0 Å². The minimum absolute atomic E-state index is 0.155. The second kappa shape index (κ2) is 12.2. The van der Waals surface area contributed by atoms with Crippen molar-refractivity contribution >= 4 is 6.01 Å². The van der Waals surface area contributed by atoms with Crippen molar-refractivity contribution < 1.29 is 19.0 Å². The highest BCUT2D eigenvalue weighted by Crippen LogP contribution is 2.31. The van der Waals surface area contributed by atoms with E-state index in [1.165, 1.54) is 0 Å². The van der Waals surface area contributed by atoms with Crippen LogP contribution in [0.4, 0.5) is 6.01 Å². The van der Waals surface area contributed by atoms with E-state index in [9.17, 15) is 5.11 Å². The quantitative estimate of drug-likeness (QED) is 0.207.